The van der Waals surface area contributed by atoms with Crippen molar-refractivity contribution in [2.75, 3.05) is 0 Å². The zero-order chi connectivity index (χ0) is 14.8. The van der Waals surface area contributed by atoms with Crippen LogP contribution in [0.1, 0.15) is 11.3 Å². The van der Waals surface area contributed by atoms with Gasteiger partial charge in [-0.25, -0.2) is 4.98 Å². The van der Waals surface area contributed by atoms with Crippen LogP contribution in [0.25, 0.3) is 10.9 Å². The summed E-state index contributed by atoms with van der Waals surface area (Å²) in [5, 5.41) is 10.6. The Morgan fingerprint density at radius 2 is 1.81 bits per heavy atom. The molecule has 0 N–H and O–H groups in total. The van der Waals surface area contributed by atoms with Gasteiger partial charge in [0.25, 0.3) is 0 Å². The molecule has 0 saturated carbocycles. The summed E-state index contributed by atoms with van der Waals surface area (Å²) in [6.07, 6.45) is 0. The van der Waals surface area contributed by atoms with Gasteiger partial charge < -0.3 is 4.74 Å². The highest BCUT2D eigenvalue weighted by atomic mass is 35.5. The van der Waals surface area contributed by atoms with Gasteiger partial charge in [0.1, 0.15) is 22.9 Å². The average Bonchev–Trinajstić information content (AvgIpc) is 2.48. The number of rotatable bonds is 2. The van der Waals surface area contributed by atoms with Gasteiger partial charge in [0.15, 0.2) is 5.75 Å². The summed E-state index contributed by atoms with van der Waals surface area (Å²) in [5.74, 6) is 1.04. The Kier molecular flexibility index (Phi) is 3.47. The van der Waals surface area contributed by atoms with E-state index in [2.05, 4.69) is 11.1 Å². The van der Waals surface area contributed by atoms with Crippen molar-refractivity contribution in [1.29, 1.82) is 5.26 Å². The minimum Gasteiger partial charge on any atom is -0.454 e. The van der Waals surface area contributed by atoms with Crippen LogP contribution >= 0.6 is 11.6 Å². The number of benzene rings is 2. The first kappa shape index (κ1) is 13.4. The number of ether oxygens (including phenoxy) is 1. The van der Waals surface area contributed by atoms with Crippen LogP contribution in [0.5, 0.6) is 11.5 Å². The van der Waals surface area contributed by atoms with Crippen LogP contribution in [0.4, 0.5) is 0 Å². The molecule has 0 bridgehead atoms. The van der Waals surface area contributed by atoms with Crippen LogP contribution in [0.3, 0.4) is 0 Å². The summed E-state index contributed by atoms with van der Waals surface area (Å²) in [5.41, 5.74) is 2.00. The van der Waals surface area contributed by atoms with Crippen molar-refractivity contribution in [2.24, 2.45) is 0 Å². The molecule has 3 rings (SSSR count). The van der Waals surface area contributed by atoms with Crippen LogP contribution in [-0.4, -0.2) is 4.98 Å². The zero-order valence-electron chi connectivity index (χ0n) is 11.3. The molecule has 3 aromatic rings. The minimum absolute atomic E-state index is 0.323. The molecule has 0 radical (unpaired) electrons. The molecular formula is C17H11ClN2O. The van der Waals surface area contributed by atoms with Crippen LogP contribution in [0.2, 0.25) is 5.02 Å². The number of fused-ring (bicyclic) bond motifs is 1. The van der Waals surface area contributed by atoms with E-state index in [0.717, 1.165) is 16.6 Å². The van der Waals surface area contributed by atoms with Crippen LogP contribution < -0.4 is 4.74 Å². The highest BCUT2D eigenvalue weighted by molar-refractivity contribution is 6.31. The Balaban J connectivity index is 2.13. The number of hydrogen-bond donors (Lipinski definition) is 0. The van der Waals surface area contributed by atoms with E-state index in [1.807, 2.05) is 37.3 Å². The van der Waals surface area contributed by atoms with E-state index >= 15 is 0 Å². The second kappa shape index (κ2) is 5.43. The Morgan fingerprint density at radius 1 is 1.05 bits per heavy atom. The van der Waals surface area contributed by atoms with E-state index in [9.17, 15) is 5.26 Å². The molecule has 0 aliphatic carbocycles. The number of pyridine rings is 1. The molecular weight excluding hydrogens is 284 g/mol. The minimum atomic E-state index is 0.323. The summed E-state index contributed by atoms with van der Waals surface area (Å²) < 4.78 is 5.88. The Bertz CT molecular complexity index is 868. The lowest BCUT2D eigenvalue weighted by Gasteiger charge is -2.10. The lowest BCUT2D eigenvalue weighted by molar-refractivity contribution is 0.485. The monoisotopic (exact) mass is 294 g/mol. The fraction of sp³-hybridized carbons (Fsp3) is 0.0588. The predicted octanol–water partition coefficient (Wildman–Crippen LogP) is 4.86. The summed E-state index contributed by atoms with van der Waals surface area (Å²) in [4.78, 5) is 4.51. The third-order valence-electron chi connectivity index (χ3n) is 3.13. The van der Waals surface area contributed by atoms with Crippen molar-refractivity contribution in [2.45, 2.75) is 6.92 Å². The number of hydrogen-bond acceptors (Lipinski definition) is 3. The van der Waals surface area contributed by atoms with Gasteiger partial charge in [0.05, 0.1) is 5.02 Å². The molecule has 0 amide bonds. The first-order valence-electron chi connectivity index (χ1n) is 6.42. The third kappa shape index (κ3) is 2.54. The van der Waals surface area contributed by atoms with Crippen LogP contribution in [0.15, 0.2) is 48.5 Å². The first-order chi connectivity index (χ1) is 10.2. The van der Waals surface area contributed by atoms with Gasteiger partial charge in [-0.05, 0) is 31.2 Å². The highest BCUT2D eigenvalue weighted by Gasteiger charge is 2.11. The largest absolute Gasteiger partial charge is 0.454 e. The standard InChI is InChI=1S/C17H11ClN2O/c1-11-8-9-12-4-2-7-16(17(12)20-11)21-15-6-3-5-14(18)13(15)10-19/h2-9H,1H3. The van der Waals surface area contributed by atoms with E-state index in [-0.39, 0.29) is 0 Å². The Hall–Kier alpha value is -2.57. The van der Waals surface area contributed by atoms with Gasteiger partial charge in [0, 0.05) is 11.1 Å². The number of halogens is 1. The molecule has 0 fully saturated rings. The molecule has 0 saturated heterocycles. The molecule has 4 heteroatoms. The van der Waals surface area contributed by atoms with Gasteiger partial charge in [0.2, 0.25) is 0 Å². The van der Waals surface area contributed by atoms with Gasteiger partial charge in [-0.3, -0.25) is 0 Å². The quantitative estimate of drug-likeness (QED) is 0.678. The third-order valence-corrected chi connectivity index (χ3v) is 3.44. The molecule has 3 nitrogen and oxygen atoms in total. The molecule has 0 atom stereocenters. The van der Waals surface area contributed by atoms with E-state index in [4.69, 9.17) is 16.3 Å². The predicted molar refractivity (Wildman–Crippen MR) is 82.7 cm³/mol. The SMILES string of the molecule is Cc1ccc2cccc(Oc3cccc(Cl)c3C#N)c2n1. The van der Waals surface area contributed by atoms with Crippen molar-refractivity contribution >= 4 is 22.5 Å². The number of aromatic nitrogens is 1. The van der Waals surface area contributed by atoms with E-state index < -0.39 is 0 Å². The topological polar surface area (TPSA) is 45.9 Å². The smallest absolute Gasteiger partial charge is 0.153 e. The second-order valence-electron chi connectivity index (χ2n) is 4.61. The van der Waals surface area contributed by atoms with Crippen molar-refractivity contribution in [3.8, 4) is 17.6 Å². The van der Waals surface area contributed by atoms with E-state index in [1.54, 1.807) is 18.2 Å². The number of nitrogens with zero attached hydrogens (tertiary/aromatic N) is 2. The van der Waals surface area contributed by atoms with Gasteiger partial charge in [-0.15, -0.1) is 0 Å². The van der Waals surface area contributed by atoms with Crippen molar-refractivity contribution in [3.63, 3.8) is 0 Å². The summed E-state index contributed by atoms with van der Waals surface area (Å²) in [7, 11) is 0. The van der Waals surface area contributed by atoms with Gasteiger partial charge in [-0.2, -0.15) is 5.26 Å². The number of aryl methyl sites for hydroxylation is 1. The van der Waals surface area contributed by atoms with Crippen molar-refractivity contribution in [3.05, 3.63) is 64.8 Å². The lowest BCUT2D eigenvalue weighted by Crippen LogP contribution is -1.92. The first-order valence-corrected chi connectivity index (χ1v) is 6.79. The molecule has 2 aromatic carbocycles. The number of para-hydroxylation sites is 1. The molecule has 1 heterocycles. The molecule has 0 unspecified atom stereocenters. The van der Waals surface area contributed by atoms with Crippen molar-refractivity contribution < 1.29 is 4.74 Å². The zero-order valence-corrected chi connectivity index (χ0v) is 12.1. The molecule has 0 spiro atoms. The maximum Gasteiger partial charge on any atom is 0.153 e. The summed E-state index contributed by atoms with van der Waals surface area (Å²) in [6.45, 7) is 1.93. The molecule has 21 heavy (non-hydrogen) atoms. The second-order valence-corrected chi connectivity index (χ2v) is 5.01. The van der Waals surface area contributed by atoms with Crippen LogP contribution in [-0.2, 0) is 0 Å². The fourth-order valence-corrected chi connectivity index (χ4v) is 2.32. The molecule has 102 valence electrons. The Labute approximate surface area is 127 Å². The average molecular weight is 295 g/mol. The van der Waals surface area contributed by atoms with Crippen molar-refractivity contribution in [1.82, 2.24) is 4.98 Å². The van der Waals surface area contributed by atoms with E-state index in [1.165, 1.54) is 0 Å². The fourth-order valence-electron chi connectivity index (χ4n) is 2.12. The molecule has 0 aliphatic rings. The Morgan fingerprint density at radius 3 is 2.62 bits per heavy atom. The highest BCUT2D eigenvalue weighted by Crippen LogP contribution is 2.33. The summed E-state index contributed by atoms with van der Waals surface area (Å²) in [6, 6.07) is 16.8. The van der Waals surface area contributed by atoms with E-state index in [0.29, 0.717) is 22.1 Å². The normalized spacial score (nSPS) is 10.3. The maximum absolute atomic E-state index is 9.20. The van der Waals surface area contributed by atoms with Gasteiger partial charge in [-0.1, -0.05) is 35.9 Å². The molecule has 1 aromatic heterocycles. The van der Waals surface area contributed by atoms with Crippen LogP contribution in [0, 0.1) is 18.3 Å². The number of nitriles is 1. The lowest BCUT2D eigenvalue weighted by atomic mass is 10.2. The summed E-state index contributed by atoms with van der Waals surface area (Å²) >= 11 is 6.02. The maximum atomic E-state index is 9.20. The van der Waals surface area contributed by atoms with Gasteiger partial charge >= 0.3 is 0 Å². The molecule has 0 aliphatic heterocycles.